The fourth-order valence-electron chi connectivity index (χ4n) is 4.64. The molecule has 246 valence electrons. The van der Waals surface area contributed by atoms with Crippen molar-refractivity contribution in [3.8, 4) is 5.75 Å². The molecule has 0 amide bonds. The Morgan fingerprint density at radius 2 is 1.77 bits per heavy atom. The Morgan fingerprint density at radius 3 is 2.32 bits per heavy atom. The van der Waals surface area contributed by atoms with Gasteiger partial charge in [-0.15, -0.1) is 0 Å². The number of aromatic nitrogens is 2. The molecule has 1 aromatic carbocycles. The SMILES string of the molecule is COC1CCN(c2cnc(N(CCCCCCC(C)C)CCc3ccc(OOC(C)=O)c(C)c3)nc2)C1.O=C(O)C(F)(F)F. The fourth-order valence-corrected chi connectivity index (χ4v) is 4.64. The maximum absolute atomic E-state index is 11.0. The Hall–Kier alpha value is -3.61. The number of rotatable bonds is 15. The molecule has 1 saturated heterocycles. The van der Waals surface area contributed by atoms with E-state index in [-0.39, 0.29) is 6.10 Å². The average molecular weight is 627 g/mol. The highest BCUT2D eigenvalue weighted by atomic mass is 19.4. The Morgan fingerprint density at radius 1 is 1.11 bits per heavy atom. The number of aliphatic carboxylic acids is 1. The van der Waals surface area contributed by atoms with E-state index < -0.39 is 18.1 Å². The molecule has 2 aromatic rings. The van der Waals surface area contributed by atoms with Crippen molar-refractivity contribution < 1.29 is 42.4 Å². The Bertz CT molecular complexity index is 1160. The fraction of sp³-hybridized carbons (Fsp3) is 0.613. The molecule has 0 bridgehead atoms. The lowest BCUT2D eigenvalue weighted by atomic mass is 10.0. The highest BCUT2D eigenvalue weighted by Crippen LogP contribution is 2.23. The van der Waals surface area contributed by atoms with Crippen LogP contribution >= 0.6 is 0 Å². The van der Waals surface area contributed by atoms with Crippen LogP contribution in [0.5, 0.6) is 5.75 Å². The van der Waals surface area contributed by atoms with Gasteiger partial charge in [-0.1, -0.05) is 51.7 Å². The summed E-state index contributed by atoms with van der Waals surface area (Å²) in [5.74, 6) is -1.13. The topological polar surface area (TPSA) is 114 Å². The summed E-state index contributed by atoms with van der Waals surface area (Å²) in [7, 11) is 1.77. The molecule has 1 aliphatic heterocycles. The van der Waals surface area contributed by atoms with Gasteiger partial charge in [-0.25, -0.2) is 19.6 Å². The van der Waals surface area contributed by atoms with E-state index >= 15 is 0 Å². The van der Waals surface area contributed by atoms with Crippen molar-refractivity contribution in [1.29, 1.82) is 0 Å². The number of carboxylic acids is 1. The molecule has 1 aromatic heterocycles. The molecular formula is C31H45F3N4O6. The third-order valence-corrected chi connectivity index (χ3v) is 7.11. The van der Waals surface area contributed by atoms with E-state index in [9.17, 15) is 18.0 Å². The maximum Gasteiger partial charge on any atom is 0.490 e. The first-order chi connectivity index (χ1) is 20.8. The maximum atomic E-state index is 11.0. The summed E-state index contributed by atoms with van der Waals surface area (Å²) < 4.78 is 37.2. The van der Waals surface area contributed by atoms with Crippen LogP contribution in [0.1, 0.15) is 70.4 Å². The molecule has 0 saturated carbocycles. The first-order valence-corrected chi connectivity index (χ1v) is 14.9. The summed E-state index contributed by atoms with van der Waals surface area (Å²) in [6.07, 6.45) is 7.18. The number of methoxy groups -OCH3 is 1. The normalized spacial score (nSPS) is 14.7. The lowest BCUT2D eigenvalue weighted by Crippen LogP contribution is -2.29. The molecule has 10 nitrogen and oxygen atoms in total. The number of alkyl halides is 3. The summed E-state index contributed by atoms with van der Waals surface area (Å²) in [5.41, 5.74) is 3.17. The van der Waals surface area contributed by atoms with E-state index in [1.165, 1.54) is 38.2 Å². The molecule has 1 aliphatic rings. The number of unbranched alkanes of at least 4 members (excludes halogenated alkanes) is 3. The van der Waals surface area contributed by atoms with Crippen molar-refractivity contribution in [3.05, 3.63) is 41.7 Å². The first-order valence-electron chi connectivity index (χ1n) is 14.9. The first kappa shape index (κ1) is 36.6. The summed E-state index contributed by atoms with van der Waals surface area (Å²) in [6, 6.07) is 5.94. The number of carboxylic acid groups (broad SMARTS) is 1. The molecule has 13 heteroatoms. The van der Waals surface area contributed by atoms with Crippen molar-refractivity contribution in [2.45, 2.75) is 84.9 Å². The van der Waals surface area contributed by atoms with Gasteiger partial charge in [0.2, 0.25) is 5.95 Å². The van der Waals surface area contributed by atoms with Crippen LogP contribution in [0.15, 0.2) is 30.6 Å². The van der Waals surface area contributed by atoms with Crippen LogP contribution < -0.4 is 14.7 Å². The van der Waals surface area contributed by atoms with E-state index in [2.05, 4.69) is 34.6 Å². The zero-order valence-electron chi connectivity index (χ0n) is 26.2. The van der Waals surface area contributed by atoms with Gasteiger partial charge in [0.15, 0.2) is 5.75 Å². The van der Waals surface area contributed by atoms with Crippen molar-refractivity contribution >= 4 is 23.6 Å². The number of aryl methyl sites for hydroxylation is 1. The number of hydrogen-bond acceptors (Lipinski definition) is 9. The molecule has 0 radical (unpaired) electrons. The van der Waals surface area contributed by atoms with Crippen LogP contribution in [-0.2, 0) is 25.6 Å². The summed E-state index contributed by atoms with van der Waals surface area (Å²) in [6.45, 7) is 11.5. The van der Waals surface area contributed by atoms with Crippen molar-refractivity contribution in [2.75, 3.05) is 43.1 Å². The smallest absolute Gasteiger partial charge is 0.475 e. The zero-order valence-corrected chi connectivity index (χ0v) is 26.2. The van der Waals surface area contributed by atoms with Crippen LogP contribution in [0.4, 0.5) is 24.8 Å². The molecule has 2 heterocycles. The highest BCUT2D eigenvalue weighted by molar-refractivity contribution is 5.73. The van der Waals surface area contributed by atoms with Gasteiger partial charge >= 0.3 is 18.1 Å². The largest absolute Gasteiger partial charge is 0.490 e. The average Bonchev–Trinajstić information content (AvgIpc) is 3.45. The van der Waals surface area contributed by atoms with Gasteiger partial charge in [-0.3, -0.25) is 9.78 Å². The quantitative estimate of drug-likeness (QED) is 0.140. The molecule has 1 atom stereocenters. The number of benzene rings is 1. The van der Waals surface area contributed by atoms with Crippen molar-refractivity contribution in [2.24, 2.45) is 5.92 Å². The third kappa shape index (κ3) is 13.4. The summed E-state index contributed by atoms with van der Waals surface area (Å²) >= 11 is 0. The van der Waals surface area contributed by atoms with E-state index in [0.717, 1.165) is 68.6 Å². The van der Waals surface area contributed by atoms with Gasteiger partial charge in [0.05, 0.1) is 24.2 Å². The molecule has 1 fully saturated rings. The van der Waals surface area contributed by atoms with E-state index in [4.69, 9.17) is 29.5 Å². The molecule has 0 aliphatic carbocycles. The zero-order chi connectivity index (χ0) is 32.7. The number of ether oxygens (including phenoxy) is 1. The van der Waals surface area contributed by atoms with Gasteiger partial charge in [0, 0.05) is 40.2 Å². The molecule has 44 heavy (non-hydrogen) atoms. The number of carbonyl (C=O) groups is 2. The predicted molar refractivity (Wildman–Crippen MR) is 161 cm³/mol. The molecule has 1 N–H and O–H groups in total. The van der Waals surface area contributed by atoms with Crippen LogP contribution in [0.3, 0.4) is 0 Å². The summed E-state index contributed by atoms with van der Waals surface area (Å²) in [4.78, 5) is 43.8. The van der Waals surface area contributed by atoms with Gasteiger partial charge in [0.25, 0.3) is 0 Å². The minimum atomic E-state index is -5.08. The van der Waals surface area contributed by atoms with Crippen LogP contribution in [0.2, 0.25) is 0 Å². The van der Waals surface area contributed by atoms with Crippen molar-refractivity contribution in [1.82, 2.24) is 9.97 Å². The molecule has 0 spiro atoms. The number of halogens is 3. The van der Waals surface area contributed by atoms with E-state index in [1.54, 1.807) is 7.11 Å². The van der Waals surface area contributed by atoms with Crippen LogP contribution in [0.25, 0.3) is 0 Å². The minimum Gasteiger partial charge on any atom is -0.475 e. The van der Waals surface area contributed by atoms with Crippen LogP contribution in [0, 0.1) is 12.8 Å². The second-order valence-electron chi connectivity index (χ2n) is 11.2. The highest BCUT2D eigenvalue weighted by Gasteiger charge is 2.38. The van der Waals surface area contributed by atoms with Gasteiger partial charge < -0.3 is 19.6 Å². The lowest BCUT2D eigenvalue weighted by molar-refractivity contribution is -0.211. The van der Waals surface area contributed by atoms with Gasteiger partial charge in [0.1, 0.15) is 0 Å². The number of hydrogen-bond donors (Lipinski definition) is 1. The Kier molecular flexibility index (Phi) is 15.2. The van der Waals surface area contributed by atoms with Crippen LogP contribution in [-0.4, -0.2) is 72.6 Å². The van der Waals surface area contributed by atoms with Crippen molar-refractivity contribution in [3.63, 3.8) is 0 Å². The third-order valence-electron chi connectivity index (χ3n) is 7.11. The predicted octanol–water partition coefficient (Wildman–Crippen LogP) is 6.16. The van der Waals surface area contributed by atoms with E-state index in [0.29, 0.717) is 5.75 Å². The Balaban J connectivity index is 0.000000860. The van der Waals surface area contributed by atoms with Gasteiger partial charge in [-0.2, -0.15) is 13.2 Å². The number of nitrogens with zero attached hydrogens (tertiary/aromatic N) is 4. The second-order valence-corrected chi connectivity index (χ2v) is 11.2. The minimum absolute atomic E-state index is 0.279. The van der Waals surface area contributed by atoms with E-state index in [1.807, 2.05) is 31.5 Å². The number of anilines is 2. The Labute approximate surface area is 257 Å². The summed E-state index contributed by atoms with van der Waals surface area (Å²) in [5, 5.41) is 7.12. The number of carbonyl (C=O) groups excluding carboxylic acids is 1. The monoisotopic (exact) mass is 626 g/mol. The lowest BCUT2D eigenvalue weighted by Gasteiger charge is -2.24. The molecule has 3 rings (SSSR count). The molecular weight excluding hydrogens is 581 g/mol. The standard InChI is InChI=1S/C29H44N4O4.C2HF3O2/c1-22(2)10-8-6-7-9-15-32(16-13-25-11-12-28(23(3)18-25)37-36-24(4)34)29-30-19-26(20-31-29)33-17-14-27(21-33)35-5;3-2(4,5)1(6)7/h11-12,18-20,22,27H,6-10,13-17,21H2,1-5H3;(H,6,7). The second kappa shape index (κ2) is 18.3. The van der Waals surface area contributed by atoms with Gasteiger partial charge in [-0.05, 0) is 49.3 Å². The molecule has 1 unspecified atom stereocenters.